The molecule has 0 amide bonds. The molecule has 0 fully saturated rings. The van der Waals surface area contributed by atoms with Crippen LogP contribution in [0.3, 0.4) is 0 Å². The molecule has 0 rings (SSSR count). The van der Waals surface area contributed by atoms with Crippen LogP contribution in [0.2, 0.25) is 0 Å². The molecule has 7 N–H and O–H groups in total. The third-order valence-electron chi connectivity index (χ3n) is 0.395. The van der Waals surface area contributed by atoms with Gasteiger partial charge >= 0.3 is 55.8 Å². The van der Waals surface area contributed by atoms with E-state index in [-0.39, 0.29) is 47.2 Å². The Kier molecular flexibility index (Phi) is 13.7. The van der Waals surface area contributed by atoms with Crippen molar-refractivity contribution in [3.8, 4) is 0 Å². The van der Waals surface area contributed by atoms with Gasteiger partial charge in [-0.1, -0.05) is 6.08 Å². The number of hydrogen-bond donors (Lipinski definition) is 7. The van der Waals surface area contributed by atoms with E-state index in [4.69, 9.17) is 33.6 Å². The molecule has 0 heterocycles. The maximum absolute atomic E-state index is 8.13. The van der Waals surface area contributed by atoms with Gasteiger partial charge in [0.2, 0.25) is 0 Å². The van der Waals surface area contributed by atoms with Gasteiger partial charge in [-0.25, -0.2) is 0 Å². The first-order valence-electron chi connectivity index (χ1n) is 2.87. The van der Waals surface area contributed by atoms with Crippen LogP contribution in [0.1, 0.15) is 2.85 Å². The fraction of sp³-hybridized carbons (Fsp3) is 0.333. The van der Waals surface area contributed by atoms with Crippen molar-refractivity contribution < 1.29 is 40.8 Å². The van der Waals surface area contributed by atoms with Crippen LogP contribution < -0.4 is 0 Å². The summed E-state index contributed by atoms with van der Waals surface area (Å²) in [4.78, 5) is 53.7. The standard InChI is InChI=1S/C3H8O4Si.Ca.H4O4Si.2H/c1-2-3-7-8(4,5)6;;1-5(2,3)4;;/h2,4-6H,1,3H2;;1-4H;;/q;+2;;2*-1. The second-order valence-corrected chi connectivity index (χ2v) is 4.41. The first-order valence-corrected chi connectivity index (χ1v) is 6.41. The first-order chi connectivity index (χ1) is 5.56. The van der Waals surface area contributed by atoms with Gasteiger partial charge in [-0.15, -0.1) is 6.58 Å². The Balaban J connectivity index is -0.0000000454. The van der Waals surface area contributed by atoms with E-state index in [9.17, 15) is 0 Å². The molecule has 0 aromatic carbocycles. The molecule has 8 nitrogen and oxygen atoms in total. The molecular weight excluding hydrogens is 260 g/mol. The van der Waals surface area contributed by atoms with Crippen LogP contribution in [0.4, 0.5) is 0 Å². The molecule has 0 aromatic heterocycles. The van der Waals surface area contributed by atoms with Crippen LogP contribution in [0, 0.1) is 0 Å². The van der Waals surface area contributed by atoms with Crippen LogP contribution in [0.25, 0.3) is 0 Å². The summed E-state index contributed by atoms with van der Waals surface area (Å²) in [5, 5.41) is 0. The molecule has 0 bridgehead atoms. The molecule has 0 saturated heterocycles. The Morgan fingerprint density at radius 3 is 1.43 bits per heavy atom. The summed E-state index contributed by atoms with van der Waals surface area (Å²) in [6.07, 6.45) is 1.31. The fourth-order valence-electron chi connectivity index (χ4n) is 0.171. The zero-order valence-corrected chi connectivity index (χ0v) is 11.4. The number of rotatable bonds is 3. The quantitative estimate of drug-likeness (QED) is 0.202. The van der Waals surface area contributed by atoms with Crippen molar-refractivity contribution in [2.45, 2.75) is 0 Å². The minimum absolute atomic E-state index is 0. The molecule has 0 saturated carbocycles. The van der Waals surface area contributed by atoms with Crippen molar-refractivity contribution >= 4 is 55.8 Å². The van der Waals surface area contributed by atoms with Crippen molar-refractivity contribution in [2.24, 2.45) is 0 Å². The van der Waals surface area contributed by atoms with Crippen LogP contribution in [-0.4, -0.2) is 96.0 Å². The fourth-order valence-corrected chi connectivity index (χ4v) is 0.512. The molecular formula is C3H14CaO8Si2. The molecule has 0 unspecified atom stereocenters. The van der Waals surface area contributed by atoms with E-state index in [2.05, 4.69) is 11.0 Å². The Bertz CT molecular complexity index is 143. The van der Waals surface area contributed by atoms with E-state index in [0.717, 1.165) is 0 Å². The summed E-state index contributed by atoms with van der Waals surface area (Å²) in [6.45, 7) is 3.18. The summed E-state index contributed by atoms with van der Waals surface area (Å²) in [5.41, 5.74) is 0. The first kappa shape index (κ1) is 20.5. The maximum Gasteiger partial charge on any atom is 2.00 e. The average Bonchev–Trinajstić information content (AvgIpc) is 1.77. The predicted molar refractivity (Wildman–Crippen MR) is 51.2 cm³/mol. The molecule has 0 aromatic rings. The zero-order chi connectivity index (χ0) is 11.1. The van der Waals surface area contributed by atoms with E-state index in [1.54, 1.807) is 0 Å². The van der Waals surface area contributed by atoms with Gasteiger partial charge in [0.25, 0.3) is 0 Å². The monoisotopic (exact) mass is 274 g/mol. The Labute approximate surface area is 115 Å². The molecule has 0 aliphatic rings. The second kappa shape index (κ2) is 9.35. The van der Waals surface area contributed by atoms with Gasteiger partial charge in [-0.05, 0) is 0 Å². The summed E-state index contributed by atoms with van der Waals surface area (Å²) in [5.74, 6) is 0. The molecule has 0 aliphatic heterocycles. The molecule has 0 aliphatic carbocycles. The molecule has 11 heteroatoms. The van der Waals surface area contributed by atoms with E-state index in [0.29, 0.717) is 0 Å². The van der Waals surface area contributed by atoms with Crippen molar-refractivity contribution in [1.82, 2.24) is 0 Å². The average molecular weight is 274 g/mol. The second-order valence-electron chi connectivity index (χ2n) is 1.77. The third kappa shape index (κ3) is 51.5. The van der Waals surface area contributed by atoms with Crippen LogP contribution in [0.5, 0.6) is 0 Å². The van der Waals surface area contributed by atoms with E-state index < -0.39 is 18.1 Å². The molecule has 0 atom stereocenters. The van der Waals surface area contributed by atoms with Gasteiger partial charge in [0.15, 0.2) is 0 Å². The van der Waals surface area contributed by atoms with Crippen LogP contribution in [-0.2, 0) is 4.43 Å². The van der Waals surface area contributed by atoms with Gasteiger partial charge in [0, 0.05) is 0 Å². The van der Waals surface area contributed by atoms with Gasteiger partial charge in [0.1, 0.15) is 0 Å². The predicted octanol–water partition coefficient (Wildman–Crippen LogP) is -4.16. The SMILES string of the molecule is C=CCO[Si](O)(O)O.O[Si](O)(O)O.[Ca+2].[H-].[H-]. The zero-order valence-electron chi connectivity index (χ0n) is 9.24. The molecule has 14 heavy (non-hydrogen) atoms. The third-order valence-corrected chi connectivity index (χ3v) is 0.949. The van der Waals surface area contributed by atoms with Crippen molar-refractivity contribution in [1.29, 1.82) is 0 Å². The smallest absolute Gasteiger partial charge is 1.00 e. The molecule has 84 valence electrons. The van der Waals surface area contributed by atoms with E-state index in [1.807, 2.05) is 0 Å². The summed E-state index contributed by atoms with van der Waals surface area (Å²) in [6, 6.07) is 0. The van der Waals surface area contributed by atoms with Gasteiger partial charge in [-0.2, -0.15) is 0 Å². The molecule has 0 radical (unpaired) electrons. The number of hydrogen-bond acceptors (Lipinski definition) is 8. The summed E-state index contributed by atoms with van der Waals surface area (Å²) in [7, 11) is -8.86. The Morgan fingerprint density at radius 2 is 1.36 bits per heavy atom. The largest absolute Gasteiger partial charge is 2.00 e. The normalized spacial score (nSPS) is 10.8. The minimum atomic E-state index is -4.61. The Hall–Kier alpha value is 1.11. The summed E-state index contributed by atoms with van der Waals surface area (Å²) >= 11 is 0. The van der Waals surface area contributed by atoms with Crippen LogP contribution in [0.15, 0.2) is 12.7 Å². The van der Waals surface area contributed by atoms with Gasteiger partial charge in [-0.3, -0.25) is 0 Å². The van der Waals surface area contributed by atoms with Gasteiger partial charge in [0.05, 0.1) is 6.61 Å². The van der Waals surface area contributed by atoms with Gasteiger partial charge < -0.3 is 40.8 Å². The van der Waals surface area contributed by atoms with Crippen molar-refractivity contribution in [2.75, 3.05) is 6.61 Å². The molecule has 0 spiro atoms. The summed E-state index contributed by atoms with van der Waals surface area (Å²) < 4.78 is 4.07. The maximum atomic E-state index is 8.13. The Morgan fingerprint density at radius 1 is 1.07 bits per heavy atom. The minimum Gasteiger partial charge on any atom is -1.00 e. The van der Waals surface area contributed by atoms with Crippen molar-refractivity contribution in [3.63, 3.8) is 0 Å². The van der Waals surface area contributed by atoms with Crippen LogP contribution >= 0.6 is 0 Å². The van der Waals surface area contributed by atoms with E-state index in [1.165, 1.54) is 6.08 Å². The topological polar surface area (TPSA) is 151 Å². The van der Waals surface area contributed by atoms with Crippen molar-refractivity contribution in [3.05, 3.63) is 12.7 Å². The van der Waals surface area contributed by atoms with E-state index >= 15 is 0 Å².